The summed E-state index contributed by atoms with van der Waals surface area (Å²) in [4.78, 5) is 24.8. The van der Waals surface area contributed by atoms with Crippen molar-refractivity contribution in [1.82, 2.24) is 10.4 Å². The molecule has 1 saturated heterocycles. The number of amides is 2. The number of hydrogen-bond donors (Lipinski definition) is 1. The molecule has 1 aliphatic heterocycles. The predicted molar refractivity (Wildman–Crippen MR) is 104 cm³/mol. The molecule has 0 spiro atoms. The molecule has 134 valence electrons. The van der Waals surface area contributed by atoms with Gasteiger partial charge in [0, 0.05) is 11.1 Å². The largest absolute Gasteiger partial charge is 0.482 e. The van der Waals surface area contributed by atoms with Crippen molar-refractivity contribution in [2.75, 3.05) is 6.61 Å². The Morgan fingerprint density at radius 1 is 1.38 bits per heavy atom. The highest BCUT2D eigenvalue weighted by Gasteiger charge is 2.33. The van der Waals surface area contributed by atoms with E-state index in [1.807, 2.05) is 0 Å². The first-order chi connectivity index (χ1) is 12.4. The zero-order valence-corrected chi connectivity index (χ0v) is 16.0. The van der Waals surface area contributed by atoms with Crippen molar-refractivity contribution in [2.45, 2.75) is 0 Å². The molecule has 1 aromatic carbocycles. The van der Waals surface area contributed by atoms with Gasteiger partial charge < -0.3 is 9.15 Å². The fraction of sp³-hybridized carbons (Fsp3) is 0.0625. The summed E-state index contributed by atoms with van der Waals surface area (Å²) in [5, 5.41) is 1.72. The van der Waals surface area contributed by atoms with Crippen molar-refractivity contribution >= 4 is 69.4 Å². The SMILES string of the molecule is O=C(COc1ccc(Cl)cc1Cl)NN1C(=O)C(=Cc2ccco2)SC1=S. The second kappa shape index (κ2) is 8.13. The Labute approximate surface area is 168 Å². The minimum Gasteiger partial charge on any atom is -0.482 e. The molecule has 3 rings (SSSR count). The van der Waals surface area contributed by atoms with E-state index in [1.54, 1.807) is 30.3 Å². The molecule has 1 fully saturated rings. The summed E-state index contributed by atoms with van der Waals surface area (Å²) >= 11 is 18.0. The van der Waals surface area contributed by atoms with Crippen LogP contribution in [0, 0.1) is 0 Å². The summed E-state index contributed by atoms with van der Waals surface area (Å²) in [6.07, 6.45) is 3.04. The monoisotopic (exact) mass is 428 g/mol. The highest BCUT2D eigenvalue weighted by atomic mass is 35.5. The van der Waals surface area contributed by atoms with Crippen molar-refractivity contribution in [3.05, 3.63) is 57.3 Å². The molecule has 0 aliphatic carbocycles. The third kappa shape index (κ3) is 4.39. The van der Waals surface area contributed by atoms with Crippen LogP contribution in [-0.2, 0) is 9.59 Å². The molecule has 10 heteroatoms. The van der Waals surface area contributed by atoms with E-state index in [9.17, 15) is 9.59 Å². The summed E-state index contributed by atoms with van der Waals surface area (Å²) in [7, 11) is 0. The Balaban J connectivity index is 1.60. The van der Waals surface area contributed by atoms with Crippen LogP contribution in [0.4, 0.5) is 0 Å². The van der Waals surface area contributed by atoms with E-state index < -0.39 is 11.8 Å². The van der Waals surface area contributed by atoms with Crippen LogP contribution in [0.3, 0.4) is 0 Å². The third-order valence-electron chi connectivity index (χ3n) is 3.10. The lowest BCUT2D eigenvalue weighted by Crippen LogP contribution is -2.46. The number of hydrogen-bond acceptors (Lipinski definition) is 6. The van der Waals surface area contributed by atoms with Crippen LogP contribution in [-0.4, -0.2) is 27.8 Å². The van der Waals surface area contributed by atoms with Crippen molar-refractivity contribution in [3.63, 3.8) is 0 Å². The molecule has 2 heterocycles. The average molecular weight is 429 g/mol. The summed E-state index contributed by atoms with van der Waals surface area (Å²) < 4.78 is 10.7. The van der Waals surface area contributed by atoms with E-state index in [0.717, 1.165) is 16.8 Å². The number of benzene rings is 1. The number of nitrogens with one attached hydrogen (secondary N) is 1. The Morgan fingerprint density at radius 2 is 2.19 bits per heavy atom. The fourth-order valence-corrected chi connectivity index (χ4v) is 3.58. The van der Waals surface area contributed by atoms with E-state index in [0.29, 0.717) is 21.4 Å². The summed E-state index contributed by atoms with van der Waals surface area (Å²) in [5.41, 5.74) is 2.41. The topological polar surface area (TPSA) is 71.8 Å². The lowest BCUT2D eigenvalue weighted by molar-refractivity contribution is -0.134. The van der Waals surface area contributed by atoms with Crippen molar-refractivity contribution in [1.29, 1.82) is 0 Å². The van der Waals surface area contributed by atoms with Gasteiger partial charge in [-0.2, -0.15) is 5.01 Å². The number of carbonyl (C=O) groups is 2. The first-order valence-electron chi connectivity index (χ1n) is 7.13. The molecule has 1 aromatic heterocycles. The molecule has 1 aliphatic rings. The molecular formula is C16H10Cl2N2O4S2. The Kier molecular flexibility index (Phi) is 5.87. The van der Waals surface area contributed by atoms with Crippen molar-refractivity contribution in [3.8, 4) is 5.75 Å². The van der Waals surface area contributed by atoms with Crippen LogP contribution in [0.25, 0.3) is 6.08 Å². The van der Waals surface area contributed by atoms with E-state index in [1.165, 1.54) is 12.3 Å². The summed E-state index contributed by atoms with van der Waals surface area (Å²) in [6.45, 7) is -0.352. The van der Waals surface area contributed by atoms with Gasteiger partial charge in [-0.05, 0) is 42.5 Å². The fourth-order valence-electron chi connectivity index (χ4n) is 1.96. The molecule has 26 heavy (non-hydrogen) atoms. The maximum Gasteiger partial charge on any atom is 0.285 e. The quantitative estimate of drug-likeness (QED) is 0.574. The van der Waals surface area contributed by atoms with E-state index >= 15 is 0 Å². The van der Waals surface area contributed by atoms with E-state index in [4.69, 9.17) is 44.6 Å². The molecule has 0 atom stereocenters. The number of hydrazine groups is 1. The Bertz CT molecular complexity index is 900. The molecule has 0 bridgehead atoms. The number of ether oxygens (including phenoxy) is 1. The molecule has 0 unspecified atom stereocenters. The van der Waals surface area contributed by atoms with Gasteiger partial charge in [0.1, 0.15) is 11.5 Å². The minimum atomic E-state index is -0.563. The van der Waals surface area contributed by atoms with Crippen molar-refractivity contribution < 1.29 is 18.7 Å². The van der Waals surface area contributed by atoms with Crippen LogP contribution >= 0.6 is 47.2 Å². The first-order valence-corrected chi connectivity index (χ1v) is 9.11. The molecule has 2 aromatic rings. The molecular weight excluding hydrogens is 419 g/mol. The Morgan fingerprint density at radius 3 is 2.88 bits per heavy atom. The predicted octanol–water partition coefficient (Wildman–Crippen LogP) is 3.90. The minimum absolute atomic E-state index is 0.200. The summed E-state index contributed by atoms with van der Waals surface area (Å²) in [5.74, 6) is -0.201. The van der Waals surface area contributed by atoms with Gasteiger partial charge in [0.2, 0.25) is 0 Å². The maximum atomic E-state index is 12.4. The summed E-state index contributed by atoms with van der Waals surface area (Å²) in [6, 6.07) is 8.03. The average Bonchev–Trinajstić information content (AvgIpc) is 3.18. The van der Waals surface area contributed by atoms with E-state index in [-0.39, 0.29) is 16.0 Å². The molecule has 6 nitrogen and oxygen atoms in total. The number of thiocarbonyl (C=S) groups is 1. The van der Waals surface area contributed by atoms with Gasteiger partial charge in [-0.1, -0.05) is 35.0 Å². The highest BCUT2D eigenvalue weighted by Crippen LogP contribution is 2.31. The molecule has 1 N–H and O–H groups in total. The smallest absolute Gasteiger partial charge is 0.285 e. The first kappa shape index (κ1) is 18.8. The van der Waals surface area contributed by atoms with Crippen LogP contribution in [0.2, 0.25) is 10.0 Å². The zero-order valence-electron chi connectivity index (χ0n) is 12.9. The lowest BCUT2D eigenvalue weighted by atomic mass is 10.3. The van der Waals surface area contributed by atoms with Gasteiger partial charge in [-0.15, -0.1) is 0 Å². The van der Waals surface area contributed by atoms with Gasteiger partial charge in [0.25, 0.3) is 11.8 Å². The second-order valence-corrected chi connectivity index (χ2v) is 7.45. The van der Waals surface area contributed by atoms with Gasteiger partial charge in [-0.25, -0.2) is 0 Å². The van der Waals surface area contributed by atoms with Gasteiger partial charge in [0.15, 0.2) is 10.9 Å². The van der Waals surface area contributed by atoms with Gasteiger partial charge in [0.05, 0.1) is 16.2 Å². The zero-order chi connectivity index (χ0) is 18.7. The molecule has 0 radical (unpaired) electrons. The van der Waals surface area contributed by atoms with Gasteiger partial charge in [-0.3, -0.25) is 15.0 Å². The Hall–Kier alpha value is -2.00. The molecule has 2 amide bonds. The van der Waals surface area contributed by atoms with E-state index in [2.05, 4.69) is 5.43 Å². The van der Waals surface area contributed by atoms with Crippen LogP contribution in [0.15, 0.2) is 45.9 Å². The number of halogens is 2. The van der Waals surface area contributed by atoms with Crippen LogP contribution < -0.4 is 10.2 Å². The number of carbonyl (C=O) groups excluding carboxylic acids is 2. The number of furan rings is 1. The lowest BCUT2D eigenvalue weighted by Gasteiger charge is -2.16. The number of thioether (sulfide) groups is 1. The maximum absolute atomic E-state index is 12.4. The third-order valence-corrected chi connectivity index (χ3v) is 4.93. The number of nitrogens with zero attached hydrogens (tertiary/aromatic N) is 1. The standard InChI is InChI=1S/C16H10Cl2N2O4S2/c17-9-3-4-12(11(18)6-9)24-8-14(21)19-20-15(22)13(26-16(20)25)7-10-2-1-5-23-10/h1-7H,8H2,(H,19,21). The number of rotatable bonds is 5. The van der Waals surface area contributed by atoms with Crippen LogP contribution in [0.5, 0.6) is 5.75 Å². The van der Waals surface area contributed by atoms with Crippen LogP contribution in [0.1, 0.15) is 5.76 Å². The van der Waals surface area contributed by atoms with Gasteiger partial charge >= 0.3 is 0 Å². The normalized spacial score (nSPS) is 15.6. The van der Waals surface area contributed by atoms with Crippen molar-refractivity contribution in [2.24, 2.45) is 0 Å². The highest BCUT2D eigenvalue weighted by molar-refractivity contribution is 8.26. The molecule has 0 saturated carbocycles. The second-order valence-electron chi connectivity index (χ2n) is 4.93.